The zero-order valence-electron chi connectivity index (χ0n) is 16.7. The molecular formula is C23H27N3O2S. The number of rotatable bonds is 9. The summed E-state index contributed by atoms with van der Waals surface area (Å²) in [5, 5.41) is 3.64. The molecule has 0 spiro atoms. The number of carbonyl (C=O) groups is 1. The normalized spacial score (nSPS) is 10.9. The quantitative estimate of drug-likeness (QED) is 0.409. The van der Waals surface area contributed by atoms with Gasteiger partial charge >= 0.3 is 0 Å². The van der Waals surface area contributed by atoms with Crippen LogP contribution in [0.25, 0.3) is 10.9 Å². The molecule has 0 aliphatic carbocycles. The van der Waals surface area contributed by atoms with Gasteiger partial charge in [0.25, 0.3) is 5.56 Å². The van der Waals surface area contributed by atoms with Crippen LogP contribution >= 0.6 is 12.2 Å². The van der Waals surface area contributed by atoms with Gasteiger partial charge in [0.05, 0.1) is 10.9 Å². The number of aryl methyl sites for hydroxylation is 1. The highest BCUT2D eigenvalue weighted by Gasteiger charge is 2.06. The van der Waals surface area contributed by atoms with Crippen molar-refractivity contribution in [3.05, 3.63) is 74.8 Å². The topological polar surface area (TPSA) is 66.9 Å². The van der Waals surface area contributed by atoms with Gasteiger partial charge in [-0.15, -0.1) is 0 Å². The number of nitrogens with one attached hydrogen (secondary N) is 2. The van der Waals surface area contributed by atoms with E-state index in [9.17, 15) is 9.59 Å². The fraction of sp³-hybridized carbons (Fsp3) is 0.348. The minimum Gasteiger partial charge on any atom is -0.356 e. The number of amides is 1. The molecule has 0 radical (unpaired) electrons. The lowest BCUT2D eigenvalue weighted by Crippen LogP contribution is -2.25. The zero-order valence-corrected chi connectivity index (χ0v) is 17.6. The van der Waals surface area contributed by atoms with Gasteiger partial charge in [0.1, 0.15) is 0 Å². The predicted octanol–water partition coefficient (Wildman–Crippen LogP) is 4.29. The Hall–Kier alpha value is -2.73. The second-order valence-electron chi connectivity index (χ2n) is 7.27. The summed E-state index contributed by atoms with van der Waals surface area (Å²) < 4.78 is 2.06. The molecule has 3 rings (SSSR count). The number of unbranched alkanes of at least 4 members (excludes halogenated alkanes) is 2. The number of nitrogens with zero attached hydrogens (tertiary/aromatic N) is 1. The van der Waals surface area contributed by atoms with Crippen molar-refractivity contribution in [2.24, 2.45) is 0 Å². The van der Waals surface area contributed by atoms with Crippen LogP contribution in [0.2, 0.25) is 0 Å². The smallest absolute Gasteiger partial charge is 0.262 e. The van der Waals surface area contributed by atoms with Crippen molar-refractivity contribution in [1.82, 2.24) is 14.9 Å². The molecule has 0 bridgehead atoms. The Kier molecular flexibility index (Phi) is 7.36. The van der Waals surface area contributed by atoms with Crippen molar-refractivity contribution in [3.8, 4) is 0 Å². The van der Waals surface area contributed by atoms with Crippen molar-refractivity contribution >= 4 is 29.0 Å². The van der Waals surface area contributed by atoms with Crippen molar-refractivity contribution in [2.75, 3.05) is 6.54 Å². The first-order chi connectivity index (χ1) is 14.1. The maximum Gasteiger partial charge on any atom is 0.262 e. The number of hydrogen-bond donors (Lipinski definition) is 2. The van der Waals surface area contributed by atoms with Crippen molar-refractivity contribution in [2.45, 2.75) is 45.6 Å². The number of carbonyl (C=O) groups excluding carboxylic acids is 1. The minimum absolute atomic E-state index is 0.0571. The Balaban J connectivity index is 1.39. The second kappa shape index (κ2) is 10.2. The lowest BCUT2D eigenvalue weighted by Gasteiger charge is -2.09. The van der Waals surface area contributed by atoms with E-state index in [0.717, 1.165) is 31.2 Å². The number of fused-ring (bicyclic) bond motifs is 1. The molecule has 0 saturated heterocycles. The van der Waals surface area contributed by atoms with Crippen LogP contribution < -0.4 is 10.9 Å². The van der Waals surface area contributed by atoms with Crippen LogP contribution in [-0.4, -0.2) is 22.0 Å². The number of H-pyrrole nitrogens is 1. The Morgan fingerprint density at radius 2 is 1.83 bits per heavy atom. The van der Waals surface area contributed by atoms with Gasteiger partial charge < -0.3 is 10.3 Å². The SMILES string of the molecule is Cc1ccccc1CCNC(=O)CCCCCn1c(=S)[nH]c2ccccc2c1=O. The molecule has 2 aromatic carbocycles. The molecule has 0 aliphatic rings. The average molecular weight is 410 g/mol. The van der Waals surface area contributed by atoms with Gasteiger partial charge in [0, 0.05) is 19.5 Å². The summed E-state index contributed by atoms with van der Waals surface area (Å²) in [4.78, 5) is 27.7. The van der Waals surface area contributed by atoms with E-state index in [1.165, 1.54) is 11.1 Å². The molecule has 1 heterocycles. The van der Waals surface area contributed by atoms with Crippen LogP contribution in [0.4, 0.5) is 0 Å². The Bertz CT molecular complexity index is 1100. The van der Waals surface area contributed by atoms with Gasteiger partial charge in [-0.1, -0.05) is 42.8 Å². The molecule has 29 heavy (non-hydrogen) atoms. The molecule has 3 aromatic rings. The second-order valence-corrected chi connectivity index (χ2v) is 7.66. The van der Waals surface area contributed by atoms with Crippen molar-refractivity contribution < 1.29 is 4.79 Å². The van der Waals surface area contributed by atoms with Gasteiger partial charge in [0.15, 0.2) is 4.77 Å². The van der Waals surface area contributed by atoms with Gasteiger partial charge in [-0.2, -0.15) is 0 Å². The summed E-state index contributed by atoms with van der Waals surface area (Å²) >= 11 is 5.33. The number of benzene rings is 2. The fourth-order valence-electron chi connectivity index (χ4n) is 3.45. The van der Waals surface area contributed by atoms with Crippen molar-refractivity contribution in [1.29, 1.82) is 0 Å². The summed E-state index contributed by atoms with van der Waals surface area (Å²) in [7, 11) is 0. The molecule has 0 unspecified atom stereocenters. The summed E-state index contributed by atoms with van der Waals surface area (Å²) in [6.45, 7) is 3.31. The number of aromatic nitrogens is 2. The summed E-state index contributed by atoms with van der Waals surface area (Å²) in [5.41, 5.74) is 3.23. The maximum atomic E-state index is 12.6. The Labute approximate surface area is 175 Å². The highest BCUT2D eigenvalue weighted by molar-refractivity contribution is 7.71. The first-order valence-electron chi connectivity index (χ1n) is 10.1. The molecule has 5 nitrogen and oxygen atoms in total. The van der Waals surface area contributed by atoms with E-state index in [4.69, 9.17) is 12.2 Å². The largest absolute Gasteiger partial charge is 0.356 e. The Morgan fingerprint density at radius 3 is 2.66 bits per heavy atom. The van der Waals surface area contributed by atoms with Gasteiger partial charge in [-0.25, -0.2) is 0 Å². The number of para-hydroxylation sites is 1. The first-order valence-corrected chi connectivity index (χ1v) is 10.5. The van der Waals surface area contributed by atoms with Gasteiger partial charge in [-0.05, 0) is 61.7 Å². The van der Waals surface area contributed by atoms with E-state index < -0.39 is 0 Å². The zero-order chi connectivity index (χ0) is 20.6. The van der Waals surface area contributed by atoms with Gasteiger partial charge in [0.2, 0.25) is 5.91 Å². The minimum atomic E-state index is -0.0571. The van der Waals surface area contributed by atoms with Gasteiger partial charge in [-0.3, -0.25) is 14.2 Å². The van der Waals surface area contributed by atoms with Crippen LogP contribution in [0.1, 0.15) is 36.8 Å². The first kappa shape index (κ1) is 21.0. The maximum absolute atomic E-state index is 12.6. The highest BCUT2D eigenvalue weighted by atomic mass is 32.1. The third kappa shape index (κ3) is 5.64. The summed E-state index contributed by atoms with van der Waals surface area (Å²) in [6.07, 6.45) is 3.84. The molecule has 0 atom stereocenters. The number of hydrogen-bond acceptors (Lipinski definition) is 3. The summed E-state index contributed by atoms with van der Waals surface area (Å²) in [6, 6.07) is 15.6. The average Bonchev–Trinajstić information content (AvgIpc) is 2.71. The van der Waals surface area contributed by atoms with Crippen LogP contribution in [0, 0.1) is 11.7 Å². The molecule has 0 saturated carbocycles. The lowest BCUT2D eigenvalue weighted by molar-refractivity contribution is -0.121. The third-order valence-corrected chi connectivity index (χ3v) is 5.48. The van der Waals surface area contributed by atoms with E-state index >= 15 is 0 Å². The standard InChI is InChI=1S/C23H27N3O2S/c1-17-9-4-5-10-18(17)14-15-24-21(27)13-3-2-8-16-26-22(28)19-11-6-7-12-20(19)25-23(26)29/h4-7,9-12H,2-3,8,13-16H2,1H3,(H,24,27)(H,25,29). The fourth-order valence-corrected chi connectivity index (χ4v) is 3.73. The molecular weight excluding hydrogens is 382 g/mol. The van der Waals surface area contributed by atoms with E-state index in [1.807, 2.05) is 30.3 Å². The van der Waals surface area contributed by atoms with E-state index in [1.54, 1.807) is 10.6 Å². The summed E-state index contributed by atoms with van der Waals surface area (Å²) in [5.74, 6) is 0.0822. The van der Waals surface area contributed by atoms with Crippen LogP contribution in [0.5, 0.6) is 0 Å². The molecule has 152 valence electrons. The third-order valence-electron chi connectivity index (χ3n) is 5.15. The molecule has 1 aromatic heterocycles. The molecule has 1 amide bonds. The molecule has 2 N–H and O–H groups in total. The highest BCUT2D eigenvalue weighted by Crippen LogP contribution is 2.09. The molecule has 0 fully saturated rings. The Morgan fingerprint density at radius 1 is 1.07 bits per heavy atom. The van der Waals surface area contributed by atoms with Crippen molar-refractivity contribution in [3.63, 3.8) is 0 Å². The van der Waals surface area contributed by atoms with E-state index in [-0.39, 0.29) is 11.5 Å². The van der Waals surface area contributed by atoms with E-state index in [0.29, 0.717) is 29.7 Å². The van der Waals surface area contributed by atoms with Crippen LogP contribution in [0.3, 0.4) is 0 Å². The number of aromatic amines is 1. The molecule has 0 aliphatic heterocycles. The van der Waals surface area contributed by atoms with E-state index in [2.05, 4.69) is 29.4 Å². The monoisotopic (exact) mass is 409 g/mol. The van der Waals surface area contributed by atoms with Crippen LogP contribution in [-0.2, 0) is 17.8 Å². The van der Waals surface area contributed by atoms with Crippen LogP contribution in [0.15, 0.2) is 53.3 Å². The predicted molar refractivity (Wildman–Crippen MR) is 120 cm³/mol. The molecule has 6 heteroatoms. The lowest BCUT2D eigenvalue weighted by atomic mass is 10.1.